The summed E-state index contributed by atoms with van der Waals surface area (Å²) in [6, 6.07) is 0. The van der Waals surface area contributed by atoms with E-state index in [2.05, 4.69) is 0 Å². The van der Waals surface area contributed by atoms with Crippen LogP contribution in [-0.4, -0.2) is 106 Å². The molecule has 0 aromatic carbocycles. The summed E-state index contributed by atoms with van der Waals surface area (Å²) in [6.07, 6.45) is 0. The van der Waals surface area contributed by atoms with Crippen LogP contribution in [0.5, 0.6) is 0 Å². The van der Waals surface area contributed by atoms with Gasteiger partial charge in [0.1, 0.15) is 0 Å². The summed E-state index contributed by atoms with van der Waals surface area (Å²) in [5.41, 5.74) is 0. The Hall–Kier alpha value is 7.80. The molecule has 87 valence electrons. The topological polar surface area (TPSA) is 0 Å². The smallest absolute Gasteiger partial charge is 0 e. The molecule has 0 aromatic rings. The summed E-state index contributed by atoms with van der Waals surface area (Å²) >= 11 is 0. The van der Waals surface area contributed by atoms with Crippen molar-refractivity contribution in [2.75, 3.05) is 0 Å². The maximum atomic E-state index is 0. The van der Waals surface area contributed by atoms with Gasteiger partial charge in [0.05, 0.1) is 0 Å². The third-order valence-electron chi connectivity index (χ3n) is 0. The fraction of sp³-hybridized carbons (Fsp3) is 0. The average molecular weight is 1780 g/mol. The van der Waals surface area contributed by atoms with Crippen molar-refractivity contribution in [2.45, 2.75) is 0 Å². The predicted octanol–water partition coefficient (Wildman–Crippen LogP) is -2.30. The Morgan fingerprint density at radius 2 is 0.154 bits per heavy atom. The summed E-state index contributed by atoms with van der Waals surface area (Å²) in [6.45, 7) is 0. The van der Waals surface area contributed by atoms with Crippen molar-refractivity contribution >= 4 is 106 Å². The van der Waals surface area contributed by atoms with Crippen molar-refractivity contribution in [3.05, 3.63) is 0 Å². The second-order valence-electron chi connectivity index (χ2n) is 0. The van der Waals surface area contributed by atoms with E-state index in [9.17, 15) is 0 Å². The molecule has 0 aromatic heterocycles. The van der Waals surface area contributed by atoms with Crippen molar-refractivity contribution in [2.24, 2.45) is 0 Å². The Kier molecular flexibility index (Phi) is 1190. The predicted molar refractivity (Wildman–Crippen MR) is 34.5 cm³/mol. The first kappa shape index (κ1) is 134. The average Bonchev–Trinajstić information content (AvgIpc) is 0. The third kappa shape index (κ3) is 103. The first-order chi connectivity index (χ1) is 0. The second-order valence-corrected chi connectivity index (χ2v) is 0. The molecule has 0 bridgehead atoms. The summed E-state index contributed by atoms with van der Waals surface area (Å²) in [5.74, 6) is 0. The van der Waals surface area contributed by atoms with Crippen LogP contribution in [0.1, 0.15) is 0 Å². The van der Waals surface area contributed by atoms with Crippen LogP contribution >= 0.6 is 0 Å². The Bertz CT molecular complexity index is 12.9. The molecule has 0 aliphatic rings. The van der Waals surface area contributed by atoms with Crippen LogP contribution in [0.25, 0.3) is 0 Å². The Labute approximate surface area is 240 Å². The summed E-state index contributed by atoms with van der Waals surface area (Å²) in [4.78, 5) is 0. The van der Waals surface area contributed by atoms with Crippen LogP contribution in [0.4, 0.5) is 0 Å². The molecule has 0 rings (SSSR count). The third-order valence-corrected chi connectivity index (χ3v) is 0. The monoisotopic (exact) mass is 1790 g/mol. The van der Waals surface area contributed by atoms with E-state index in [1.807, 2.05) is 0 Å². The molecule has 0 atom stereocenters. The molecule has 0 spiro atoms. The van der Waals surface area contributed by atoms with Gasteiger partial charge in [0, 0.05) is 246 Å². The van der Waals surface area contributed by atoms with Gasteiger partial charge < -0.3 is 0 Å². The van der Waals surface area contributed by atoms with Crippen molar-refractivity contribution in [3.63, 3.8) is 0 Å². The van der Waals surface area contributed by atoms with Gasteiger partial charge in [-0.2, -0.15) is 0 Å². The van der Waals surface area contributed by atoms with Crippen molar-refractivity contribution in [3.8, 4) is 0 Å². The van der Waals surface area contributed by atoms with E-state index in [1.54, 1.807) is 0 Å². The molecule has 0 N–H and O–H groups in total. The molecule has 0 heterocycles. The van der Waals surface area contributed by atoms with Crippen LogP contribution in [-0.2, 0) is 141 Å². The van der Waals surface area contributed by atoms with Crippen LogP contribution < -0.4 is 0 Å². The van der Waals surface area contributed by atoms with E-state index in [1.165, 1.54) is 0 Å². The van der Waals surface area contributed by atoms with Gasteiger partial charge in [-0.05, 0) is 0 Å². The number of hydrogen-bond donors (Lipinski definition) is 0. The van der Waals surface area contributed by atoms with E-state index < -0.39 is 0 Å². The van der Waals surface area contributed by atoms with Gasteiger partial charge in [0.15, 0.2) is 0 Å². The van der Waals surface area contributed by atoms with Crippen LogP contribution in [0.2, 0.25) is 0 Å². The second kappa shape index (κ2) is 115. The molecule has 0 aliphatic carbocycles. The Morgan fingerprint density at radius 3 is 0.154 bits per heavy atom. The molecule has 0 fully saturated rings. The van der Waals surface area contributed by atoms with Crippen molar-refractivity contribution in [1.29, 1.82) is 0 Å². The molecule has 13 heteroatoms. The zero-order valence-corrected chi connectivity index (χ0v) is 34.7. The van der Waals surface area contributed by atoms with Gasteiger partial charge in [-0.1, -0.05) is 0 Å². The molecule has 0 unspecified atom stereocenters. The SMILES string of the molecule is [Ge].[Ge].[Ge].[Ge].[Ge].[Ge].[Ir].[Ir].[Ir].[Ir].[Ir].[Ir].[Ir]. The molecule has 13 heavy (non-hydrogen) atoms. The Morgan fingerprint density at radius 1 is 0.154 bits per heavy atom. The van der Waals surface area contributed by atoms with Gasteiger partial charge in [0.25, 0.3) is 0 Å². The quantitative estimate of drug-likeness (QED) is 0.240. The molecular weight excluding hydrogens is 1780 g/mol. The maximum Gasteiger partial charge on any atom is 0 e. The van der Waals surface area contributed by atoms with Gasteiger partial charge in [-0.3, -0.25) is 0 Å². The van der Waals surface area contributed by atoms with E-state index in [4.69, 9.17) is 0 Å². The zero-order chi connectivity index (χ0) is 0. The van der Waals surface area contributed by atoms with E-state index >= 15 is 0 Å². The minimum atomic E-state index is 0. The first-order valence-electron chi connectivity index (χ1n) is 0. The fourth-order valence-electron chi connectivity index (χ4n) is 0. The maximum absolute atomic E-state index is 0. The molecule has 0 saturated carbocycles. The van der Waals surface area contributed by atoms with E-state index in [0.717, 1.165) is 0 Å². The van der Waals surface area contributed by atoms with Gasteiger partial charge in [0.2, 0.25) is 0 Å². The minimum Gasteiger partial charge on any atom is 0 e. The first-order valence-corrected chi connectivity index (χ1v) is 0. The van der Waals surface area contributed by atoms with Crippen molar-refractivity contribution in [1.82, 2.24) is 0 Å². The molecule has 0 aliphatic heterocycles. The number of rotatable bonds is 0. The largest absolute Gasteiger partial charge is 0 e. The summed E-state index contributed by atoms with van der Waals surface area (Å²) in [5, 5.41) is 0. The van der Waals surface area contributed by atoms with Crippen molar-refractivity contribution < 1.29 is 141 Å². The Balaban J connectivity index is 0. The molecule has 0 saturated heterocycles. The van der Waals surface area contributed by atoms with Gasteiger partial charge in [-0.15, -0.1) is 0 Å². The fourth-order valence-corrected chi connectivity index (χ4v) is 0. The van der Waals surface area contributed by atoms with Crippen LogP contribution in [0.3, 0.4) is 0 Å². The molecular formula is Ge6Ir7. The van der Waals surface area contributed by atoms with E-state index in [0.29, 0.717) is 0 Å². The van der Waals surface area contributed by atoms with Gasteiger partial charge in [-0.25, -0.2) is 0 Å². The standard InChI is InChI=1S/6Ge.7Ir. The van der Waals surface area contributed by atoms with Gasteiger partial charge >= 0.3 is 0 Å². The van der Waals surface area contributed by atoms with Crippen LogP contribution in [0.15, 0.2) is 0 Å². The molecule has 0 amide bonds. The van der Waals surface area contributed by atoms with Crippen LogP contribution in [0, 0.1) is 0 Å². The minimum absolute atomic E-state index is 0. The zero-order valence-electron chi connectivity index (χ0n) is 5.33. The summed E-state index contributed by atoms with van der Waals surface area (Å²) < 4.78 is 0. The normalized spacial score (nSPS) is 0. The molecule has 31 radical (unpaired) electrons. The van der Waals surface area contributed by atoms with E-state index in [-0.39, 0.29) is 246 Å². The summed E-state index contributed by atoms with van der Waals surface area (Å²) in [7, 11) is 0. The number of hydrogen-bond acceptors (Lipinski definition) is 0. The molecule has 0 nitrogen and oxygen atoms in total.